The molecule has 24 heavy (non-hydrogen) atoms. The Morgan fingerprint density at radius 3 is 1.38 bits per heavy atom. The minimum absolute atomic E-state index is 0.133. The molecule has 0 saturated heterocycles. The molecule has 0 heterocycles. The van der Waals surface area contributed by atoms with E-state index in [1.807, 2.05) is 0 Å². The van der Waals surface area contributed by atoms with E-state index in [0.717, 1.165) is 17.4 Å². The van der Waals surface area contributed by atoms with Crippen LogP contribution in [0.4, 0.5) is 0 Å². The van der Waals surface area contributed by atoms with Crippen LogP contribution in [0, 0.1) is 0 Å². The summed E-state index contributed by atoms with van der Waals surface area (Å²) >= 11 is 0. The molecule has 146 valence electrons. The molecular formula is C22H48NO+. The van der Waals surface area contributed by atoms with E-state index < -0.39 is 0 Å². The van der Waals surface area contributed by atoms with E-state index in [0.29, 0.717) is 0 Å². The first-order valence-electron chi connectivity index (χ1n) is 11.0. The summed E-state index contributed by atoms with van der Waals surface area (Å²) < 4.78 is 0.966. The average Bonchev–Trinajstić information content (AvgIpc) is 2.54. The molecule has 0 aliphatic rings. The van der Waals surface area contributed by atoms with Crippen molar-refractivity contribution in [3.63, 3.8) is 0 Å². The van der Waals surface area contributed by atoms with Gasteiger partial charge >= 0.3 is 0 Å². The standard InChI is InChI=1S/C22H48NO/c1-5-7-8-9-10-11-12-13-14-15-16-17-18-19-20-23(3,4)21-22(24)6-2/h22,24H,5-21H2,1-4H3/q+1. The van der Waals surface area contributed by atoms with Crippen molar-refractivity contribution in [1.29, 1.82) is 0 Å². The molecule has 2 nitrogen and oxygen atoms in total. The monoisotopic (exact) mass is 342 g/mol. The maximum Gasteiger partial charge on any atom is 0.105 e. The Kier molecular flexibility index (Phi) is 16.3. The maximum atomic E-state index is 9.79. The van der Waals surface area contributed by atoms with Crippen molar-refractivity contribution < 1.29 is 9.59 Å². The highest BCUT2D eigenvalue weighted by atomic mass is 16.3. The summed E-state index contributed by atoms with van der Waals surface area (Å²) in [6, 6.07) is 0. The predicted octanol–water partition coefficient (Wildman–Crippen LogP) is 6.32. The zero-order valence-electron chi connectivity index (χ0n) is 17.5. The molecular weight excluding hydrogens is 294 g/mol. The lowest BCUT2D eigenvalue weighted by atomic mass is 10.0. The molecule has 0 fully saturated rings. The Morgan fingerprint density at radius 2 is 1.00 bits per heavy atom. The fraction of sp³-hybridized carbons (Fsp3) is 1.00. The zero-order chi connectivity index (χ0) is 18.1. The van der Waals surface area contributed by atoms with Crippen LogP contribution in [0.15, 0.2) is 0 Å². The number of hydrogen-bond acceptors (Lipinski definition) is 1. The molecule has 0 aromatic carbocycles. The molecule has 0 radical (unpaired) electrons. The van der Waals surface area contributed by atoms with Gasteiger partial charge in [-0.25, -0.2) is 0 Å². The van der Waals surface area contributed by atoms with Gasteiger partial charge in [0.2, 0.25) is 0 Å². The molecule has 0 saturated carbocycles. The fourth-order valence-electron chi connectivity index (χ4n) is 3.53. The van der Waals surface area contributed by atoms with E-state index in [2.05, 4.69) is 27.9 Å². The number of quaternary nitrogens is 1. The molecule has 0 amide bonds. The smallest absolute Gasteiger partial charge is 0.105 e. The number of hydrogen-bond donors (Lipinski definition) is 1. The van der Waals surface area contributed by atoms with E-state index >= 15 is 0 Å². The molecule has 1 N–H and O–H groups in total. The second-order valence-electron chi connectivity index (χ2n) is 8.50. The first-order chi connectivity index (χ1) is 11.5. The topological polar surface area (TPSA) is 20.2 Å². The molecule has 0 rings (SSSR count). The van der Waals surface area contributed by atoms with Gasteiger partial charge in [0.25, 0.3) is 0 Å². The highest BCUT2D eigenvalue weighted by Crippen LogP contribution is 2.13. The van der Waals surface area contributed by atoms with Gasteiger partial charge in [-0.3, -0.25) is 0 Å². The lowest BCUT2D eigenvalue weighted by Crippen LogP contribution is -2.45. The first kappa shape index (κ1) is 23.9. The van der Waals surface area contributed by atoms with Gasteiger partial charge in [-0.05, 0) is 19.3 Å². The van der Waals surface area contributed by atoms with Crippen molar-refractivity contribution in [2.24, 2.45) is 0 Å². The van der Waals surface area contributed by atoms with Crippen LogP contribution in [-0.2, 0) is 0 Å². The largest absolute Gasteiger partial charge is 0.387 e. The minimum Gasteiger partial charge on any atom is -0.387 e. The molecule has 0 spiro atoms. The van der Waals surface area contributed by atoms with Crippen molar-refractivity contribution >= 4 is 0 Å². The van der Waals surface area contributed by atoms with E-state index in [-0.39, 0.29) is 6.10 Å². The average molecular weight is 343 g/mol. The Hall–Kier alpha value is -0.0800. The van der Waals surface area contributed by atoms with Crippen molar-refractivity contribution in [1.82, 2.24) is 0 Å². The van der Waals surface area contributed by atoms with Gasteiger partial charge in [0, 0.05) is 0 Å². The highest BCUT2D eigenvalue weighted by Gasteiger charge is 2.18. The Bertz CT molecular complexity index is 252. The summed E-state index contributed by atoms with van der Waals surface area (Å²) in [5.41, 5.74) is 0. The number of nitrogens with zero attached hydrogens (tertiary/aromatic N) is 1. The molecule has 2 heteroatoms. The molecule has 1 atom stereocenters. The van der Waals surface area contributed by atoms with Gasteiger partial charge in [-0.15, -0.1) is 0 Å². The van der Waals surface area contributed by atoms with Crippen LogP contribution in [-0.4, -0.2) is 42.9 Å². The van der Waals surface area contributed by atoms with E-state index in [9.17, 15) is 5.11 Å². The van der Waals surface area contributed by atoms with E-state index in [4.69, 9.17) is 0 Å². The van der Waals surface area contributed by atoms with Crippen LogP contribution in [0.2, 0.25) is 0 Å². The third-order valence-electron chi connectivity index (χ3n) is 5.29. The van der Waals surface area contributed by atoms with Gasteiger partial charge in [0.15, 0.2) is 0 Å². The molecule has 0 aliphatic carbocycles. The highest BCUT2D eigenvalue weighted by molar-refractivity contribution is 4.52. The molecule has 0 aromatic rings. The van der Waals surface area contributed by atoms with Gasteiger partial charge < -0.3 is 9.59 Å². The number of aliphatic hydroxyl groups excluding tert-OH is 1. The van der Waals surface area contributed by atoms with Crippen molar-refractivity contribution in [3.05, 3.63) is 0 Å². The van der Waals surface area contributed by atoms with Crippen molar-refractivity contribution in [2.75, 3.05) is 27.2 Å². The summed E-state index contributed by atoms with van der Waals surface area (Å²) in [7, 11) is 4.50. The summed E-state index contributed by atoms with van der Waals surface area (Å²) in [4.78, 5) is 0. The molecule has 0 aliphatic heterocycles. The fourth-order valence-corrected chi connectivity index (χ4v) is 3.53. The second-order valence-corrected chi connectivity index (χ2v) is 8.50. The van der Waals surface area contributed by atoms with Gasteiger partial charge in [-0.2, -0.15) is 0 Å². The van der Waals surface area contributed by atoms with Crippen LogP contribution in [0.3, 0.4) is 0 Å². The predicted molar refractivity (Wildman–Crippen MR) is 108 cm³/mol. The maximum absolute atomic E-state index is 9.79. The van der Waals surface area contributed by atoms with E-state index in [1.54, 1.807) is 0 Å². The summed E-state index contributed by atoms with van der Waals surface area (Å²) in [6.45, 7) is 6.46. The molecule has 1 unspecified atom stereocenters. The molecule has 0 aromatic heterocycles. The van der Waals surface area contributed by atoms with Gasteiger partial charge in [0.1, 0.15) is 12.6 Å². The lowest BCUT2D eigenvalue weighted by Gasteiger charge is -2.31. The van der Waals surface area contributed by atoms with Gasteiger partial charge in [-0.1, -0.05) is 90.9 Å². The Morgan fingerprint density at radius 1 is 0.625 bits per heavy atom. The van der Waals surface area contributed by atoms with Crippen LogP contribution in [0.5, 0.6) is 0 Å². The first-order valence-corrected chi connectivity index (χ1v) is 11.0. The quantitative estimate of drug-likeness (QED) is 0.228. The Labute approximate surface area is 153 Å². The number of unbranched alkanes of at least 4 members (excludes halogenated alkanes) is 13. The molecule has 0 bridgehead atoms. The number of rotatable bonds is 18. The van der Waals surface area contributed by atoms with Crippen molar-refractivity contribution in [3.8, 4) is 0 Å². The summed E-state index contributed by atoms with van der Waals surface area (Å²) in [6.07, 6.45) is 20.6. The lowest BCUT2D eigenvalue weighted by molar-refractivity contribution is -0.893. The summed E-state index contributed by atoms with van der Waals surface area (Å²) in [5.74, 6) is 0. The van der Waals surface area contributed by atoms with Crippen LogP contribution in [0.25, 0.3) is 0 Å². The number of aliphatic hydroxyl groups is 1. The normalized spacial score (nSPS) is 13.4. The van der Waals surface area contributed by atoms with Crippen LogP contribution < -0.4 is 0 Å². The SMILES string of the molecule is CCCCCCCCCCCCCCCC[N+](C)(C)CC(O)CC. The summed E-state index contributed by atoms with van der Waals surface area (Å²) in [5, 5.41) is 9.79. The minimum atomic E-state index is -0.133. The number of likely N-dealkylation sites (N-methyl/N-ethyl adjacent to an activating group) is 1. The van der Waals surface area contributed by atoms with E-state index in [1.165, 1.54) is 96.4 Å². The Balaban J connectivity index is 3.25. The van der Waals surface area contributed by atoms with Crippen LogP contribution in [0.1, 0.15) is 110 Å². The third kappa shape index (κ3) is 16.8. The van der Waals surface area contributed by atoms with Crippen LogP contribution >= 0.6 is 0 Å². The van der Waals surface area contributed by atoms with Gasteiger partial charge in [0.05, 0.1) is 20.6 Å². The second kappa shape index (κ2) is 16.4. The zero-order valence-corrected chi connectivity index (χ0v) is 17.5. The van der Waals surface area contributed by atoms with Crippen molar-refractivity contribution in [2.45, 2.75) is 116 Å². The third-order valence-corrected chi connectivity index (χ3v) is 5.29.